The van der Waals surface area contributed by atoms with Crippen LogP contribution in [0.25, 0.3) is 0 Å². The molecule has 0 fully saturated rings. The number of rotatable bonds is 7. The molecule has 0 aliphatic carbocycles. The Labute approximate surface area is 92.2 Å². The normalized spacial score (nSPS) is 15.1. The summed E-state index contributed by atoms with van der Waals surface area (Å²) in [5.74, 6) is 0.0276. The van der Waals surface area contributed by atoms with E-state index in [1.54, 1.807) is 0 Å². The van der Waals surface area contributed by atoms with Crippen LogP contribution in [-0.2, 0) is 4.79 Å². The van der Waals surface area contributed by atoms with E-state index in [-0.39, 0.29) is 17.7 Å². The first-order chi connectivity index (χ1) is 7.02. The molecule has 0 saturated heterocycles. The number of carbonyl (C=O) groups is 1. The minimum absolute atomic E-state index is 0.0531. The smallest absolute Gasteiger partial charge is 0.224 e. The molecule has 0 heterocycles. The van der Waals surface area contributed by atoms with Crippen LogP contribution in [0.5, 0.6) is 0 Å². The van der Waals surface area contributed by atoms with E-state index in [0.717, 1.165) is 12.8 Å². The van der Waals surface area contributed by atoms with Gasteiger partial charge in [0.15, 0.2) is 0 Å². The zero-order valence-corrected chi connectivity index (χ0v) is 9.99. The van der Waals surface area contributed by atoms with E-state index < -0.39 is 6.10 Å². The number of carbonyl (C=O) groups excluding carboxylic acids is 1. The molecule has 0 aliphatic rings. The van der Waals surface area contributed by atoms with Crippen molar-refractivity contribution in [1.29, 1.82) is 0 Å². The lowest BCUT2D eigenvalue weighted by molar-refractivity contribution is -0.126. The van der Waals surface area contributed by atoms with Crippen molar-refractivity contribution in [1.82, 2.24) is 5.32 Å². The molecule has 15 heavy (non-hydrogen) atoms. The molecular weight excluding hydrogens is 192 g/mol. The van der Waals surface area contributed by atoms with Crippen molar-refractivity contribution in [2.45, 2.75) is 39.7 Å². The maximum atomic E-state index is 11.6. The molecule has 0 bridgehead atoms. The third-order valence-corrected chi connectivity index (χ3v) is 2.53. The maximum Gasteiger partial charge on any atom is 0.224 e. The van der Waals surface area contributed by atoms with Crippen molar-refractivity contribution in [2.75, 3.05) is 13.1 Å². The Balaban J connectivity index is 3.90. The van der Waals surface area contributed by atoms with E-state index in [0.29, 0.717) is 13.1 Å². The topological polar surface area (TPSA) is 75.3 Å². The average molecular weight is 216 g/mol. The van der Waals surface area contributed by atoms with Crippen LogP contribution in [0, 0.1) is 11.8 Å². The summed E-state index contributed by atoms with van der Waals surface area (Å²) in [5, 5.41) is 12.2. The van der Waals surface area contributed by atoms with Crippen molar-refractivity contribution in [3.8, 4) is 0 Å². The molecule has 90 valence electrons. The van der Waals surface area contributed by atoms with Crippen molar-refractivity contribution in [2.24, 2.45) is 17.6 Å². The van der Waals surface area contributed by atoms with Gasteiger partial charge in [-0.2, -0.15) is 0 Å². The van der Waals surface area contributed by atoms with Gasteiger partial charge in [0.2, 0.25) is 5.91 Å². The lowest BCUT2D eigenvalue weighted by atomic mass is 9.95. The molecule has 4 nitrogen and oxygen atoms in total. The van der Waals surface area contributed by atoms with Crippen LogP contribution in [0.3, 0.4) is 0 Å². The number of nitrogens with two attached hydrogens (primary N) is 1. The second-order valence-corrected chi connectivity index (χ2v) is 4.27. The second kappa shape index (κ2) is 7.65. The molecule has 0 aromatic carbocycles. The van der Waals surface area contributed by atoms with Gasteiger partial charge in [0, 0.05) is 13.1 Å². The summed E-state index contributed by atoms with van der Waals surface area (Å²) < 4.78 is 0. The van der Waals surface area contributed by atoms with Crippen molar-refractivity contribution in [3.63, 3.8) is 0 Å². The quantitative estimate of drug-likeness (QED) is 0.580. The molecule has 2 unspecified atom stereocenters. The molecule has 1 amide bonds. The fourth-order valence-corrected chi connectivity index (χ4v) is 1.47. The third-order valence-electron chi connectivity index (χ3n) is 2.53. The van der Waals surface area contributed by atoms with Crippen molar-refractivity contribution < 1.29 is 9.90 Å². The Morgan fingerprint density at radius 1 is 1.47 bits per heavy atom. The SMILES string of the molecule is CCCC(O)CNC(=O)C(CN)C(C)C. The first kappa shape index (κ1) is 14.4. The summed E-state index contributed by atoms with van der Waals surface area (Å²) in [6.45, 7) is 6.63. The summed E-state index contributed by atoms with van der Waals surface area (Å²) in [7, 11) is 0. The molecule has 0 radical (unpaired) electrons. The first-order valence-electron chi connectivity index (χ1n) is 5.68. The van der Waals surface area contributed by atoms with Crippen LogP contribution in [0.4, 0.5) is 0 Å². The van der Waals surface area contributed by atoms with E-state index in [4.69, 9.17) is 5.73 Å². The Morgan fingerprint density at radius 3 is 2.47 bits per heavy atom. The van der Waals surface area contributed by atoms with Gasteiger partial charge in [-0.25, -0.2) is 0 Å². The van der Waals surface area contributed by atoms with Crippen LogP contribution in [0.1, 0.15) is 33.6 Å². The summed E-state index contributed by atoms with van der Waals surface area (Å²) in [5.41, 5.74) is 5.52. The fraction of sp³-hybridized carbons (Fsp3) is 0.909. The Hall–Kier alpha value is -0.610. The molecule has 2 atom stereocenters. The molecule has 0 aliphatic heterocycles. The van der Waals surface area contributed by atoms with Gasteiger partial charge in [-0.15, -0.1) is 0 Å². The van der Waals surface area contributed by atoms with E-state index in [9.17, 15) is 9.90 Å². The number of hydrogen-bond donors (Lipinski definition) is 3. The molecule has 0 aromatic heterocycles. The van der Waals surface area contributed by atoms with E-state index in [1.807, 2.05) is 20.8 Å². The number of nitrogens with one attached hydrogen (secondary N) is 1. The second-order valence-electron chi connectivity index (χ2n) is 4.27. The van der Waals surface area contributed by atoms with Gasteiger partial charge in [0.25, 0.3) is 0 Å². The fourth-order valence-electron chi connectivity index (χ4n) is 1.47. The third kappa shape index (κ3) is 5.74. The Bertz CT molecular complexity index is 183. The molecular formula is C11H24N2O2. The largest absolute Gasteiger partial charge is 0.391 e. The molecule has 0 saturated carbocycles. The molecule has 0 spiro atoms. The number of amides is 1. The van der Waals surface area contributed by atoms with Crippen LogP contribution in [-0.4, -0.2) is 30.2 Å². The highest BCUT2D eigenvalue weighted by Gasteiger charge is 2.20. The van der Waals surface area contributed by atoms with E-state index in [2.05, 4.69) is 5.32 Å². The number of aliphatic hydroxyl groups excluding tert-OH is 1. The van der Waals surface area contributed by atoms with Gasteiger partial charge < -0.3 is 16.2 Å². The average Bonchev–Trinajstić information content (AvgIpc) is 2.15. The zero-order valence-electron chi connectivity index (χ0n) is 9.99. The van der Waals surface area contributed by atoms with Gasteiger partial charge in [0.05, 0.1) is 12.0 Å². The monoisotopic (exact) mass is 216 g/mol. The van der Waals surface area contributed by atoms with Crippen molar-refractivity contribution >= 4 is 5.91 Å². The summed E-state index contributed by atoms with van der Waals surface area (Å²) in [6.07, 6.45) is 1.20. The summed E-state index contributed by atoms with van der Waals surface area (Å²) in [6, 6.07) is 0. The molecule has 4 N–H and O–H groups in total. The predicted molar refractivity (Wildman–Crippen MR) is 61.3 cm³/mol. The van der Waals surface area contributed by atoms with Crippen LogP contribution in [0.2, 0.25) is 0 Å². The van der Waals surface area contributed by atoms with Gasteiger partial charge in [-0.1, -0.05) is 27.2 Å². The summed E-state index contributed by atoms with van der Waals surface area (Å²) in [4.78, 5) is 11.6. The Kier molecular flexibility index (Phi) is 7.34. The maximum absolute atomic E-state index is 11.6. The number of aliphatic hydroxyl groups is 1. The number of hydrogen-bond acceptors (Lipinski definition) is 3. The highest BCUT2D eigenvalue weighted by atomic mass is 16.3. The van der Waals surface area contributed by atoms with E-state index in [1.165, 1.54) is 0 Å². The first-order valence-corrected chi connectivity index (χ1v) is 5.68. The highest BCUT2D eigenvalue weighted by molar-refractivity contribution is 5.79. The molecule has 4 heteroatoms. The van der Waals surface area contributed by atoms with Crippen molar-refractivity contribution in [3.05, 3.63) is 0 Å². The summed E-state index contributed by atoms with van der Waals surface area (Å²) >= 11 is 0. The minimum atomic E-state index is -0.440. The van der Waals surface area contributed by atoms with Crippen LogP contribution in [0.15, 0.2) is 0 Å². The Morgan fingerprint density at radius 2 is 2.07 bits per heavy atom. The standard InChI is InChI=1S/C11H24N2O2/c1-4-5-9(14)7-13-11(15)10(6-12)8(2)3/h8-10,14H,4-7,12H2,1-3H3,(H,13,15). The molecule has 0 aromatic rings. The van der Waals surface area contributed by atoms with Crippen LogP contribution < -0.4 is 11.1 Å². The van der Waals surface area contributed by atoms with Crippen LogP contribution >= 0.6 is 0 Å². The van der Waals surface area contributed by atoms with Gasteiger partial charge in [-0.3, -0.25) is 4.79 Å². The van der Waals surface area contributed by atoms with Gasteiger partial charge in [0.1, 0.15) is 0 Å². The zero-order chi connectivity index (χ0) is 11.8. The predicted octanol–water partition coefficient (Wildman–Crippen LogP) is 0.495. The minimum Gasteiger partial charge on any atom is -0.391 e. The van der Waals surface area contributed by atoms with Gasteiger partial charge in [-0.05, 0) is 12.3 Å². The lowest BCUT2D eigenvalue weighted by Crippen LogP contribution is -2.41. The lowest BCUT2D eigenvalue weighted by Gasteiger charge is -2.19. The molecule has 0 rings (SSSR count). The van der Waals surface area contributed by atoms with E-state index >= 15 is 0 Å². The van der Waals surface area contributed by atoms with Gasteiger partial charge >= 0.3 is 0 Å². The highest BCUT2D eigenvalue weighted by Crippen LogP contribution is 2.08.